The van der Waals surface area contributed by atoms with E-state index in [2.05, 4.69) is 4.74 Å². The zero-order valence-electron chi connectivity index (χ0n) is 7.22. The largest absolute Gasteiger partial charge is 0.469 e. The van der Waals surface area contributed by atoms with Crippen molar-refractivity contribution in [1.82, 2.24) is 0 Å². The smallest absolute Gasteiger partial charge is 0.308 e. The Hall–Kier alpha value is -0.860. The molecule has 0 aromatic carbocycles. The van der Waals surface area contributed by atoms with Crippen molar-refractivity contribution in [3.63, 3.8) is 0 Å². The predicted octanol–water partition coefficient (Wildman–Crippen LogP) is 1.16. The SMILES string of the molecule is COC(=O)[C@H](C)CCC(C)=O. The first-order valence-electron chi connectivity index (χ1n) is 3.65. The van der Waals surface area contributed by atoms with Crippen molar-refractivity contribution in [3.8, 4) is 0 Å². The Kier molecular flexibility index (Phi) is 4.50. The molecule has 0 N–H and O–H groups in total. The van der Waals surface area contributed by atoms with Gasteiger partial charge in [-0.1, -0.05) is 6.92 Å². The molecular formula is C8H14O3. The van der Waals surface area contributed by atoms with E-state index < -0.39 is 0 Å². The van der Waals surface area contributed by atoms with Crippen LogP contribution in [0.1, 0.15) is 26.7 Å². The van der Waals surface area contributed by atoms with Crippen LogP contribution in [-0.2, 0) is 14.3 Å². The van der Waals surface area contributed by atoms with Crippen molar-refractivity contribution in [2.45, 2.75) is 26.7 Å². The third-order valence-electron chi connectivity index (χ3n) is 1.53. The minimum Gasteiger partial charge on any atom is -0.469 e. The maximum atomic E-state index is 10.8. The Labute approximate surface area is 66.7 Å². The van der Waals surface area contributed by atoms with E-state index in [9.17, 15) is 9.59 Å². The monoisotopic (exact) mass is 158 g/mol. The molecule has 0 aliphatic rings. The highest BCUT2D eigenvalue weighted by Crippen LogP contribution is 2.06. The molecule has 3 heteroatoms. The lowest BCUT2D eigenvalue weighted by atomic mass is 10.0. The third kappa shape index (κ3) is 4.53. The van der Waals surface area contributed by atoms with Crippen LogP contribution in [0.3, 0.4) is 0 Å². The second-order valence-electron chi connectivity index (χ2n) is 2.66. The molecule has 0 aliphatic heterocycles. The van der Waals surface area contributed by atoms with Crippen LogP contribution in [0.25, 0.3) is 0 Å². The van der Waals surface area contributed by atoms with E-state index in [4.69, 9.17) is 0 Å². The third-order valence-corrected chi connectivity index (χ3v) is 1.53. The molecule has 64 valence electrons. The zero-order valence-corrected chi connectivity index (χ0v) is 7.22. The first-order chi connectivity index (χ1) is 5.07. The fraction of sp³-hybridized carbons (Fsp3) is 0.750. The molecule has 1 atom stereocenters. The van der Waals surface area contributed by atoms with Crippen molar-refractivity contribution in [3.05, 3.63) is 0 Å². The normalized spacial score (nSPS) is 12.3. The Morgan fingerprint density at radius 3 is 2.36 bits per heavy atom. The minimum absolute atomic E-state index is 0.112. The van der Waals surface area contributed by atoms with E-state index >= 15 is 0 Å². The highest BCUT2D eigenvalue weighted by molar-refractivity contribution is 5.77. The summed E-state index contributed by atoms with van der Waals surface area (Å²) in [5.74, 6) is -0.295. The van der Waals surface area contributed by atoms with Gasteiger partial charge in [-0.3, -0.25) is 4.79 Å². The molecule has 0 spiro atoms. The molecular weight excluding hydrogens is 144 g/mol. The van der Waals surface area contributed by atoms with Crippen LogP contribution in [0.15, 0.2) is 0 Å². The van der Waals surface area contributed by atoms with Gasteiger partial charge in [-0.25, -0.2) is 0 Å². The Morgan fingerprint density at radius 1 is 1.45 bits per heavy atom. The van der Waals surface area contributed by atoms with Crippen molar-refractivity contribution in [2.75, 3.05) is 7.11 Å². The maximum absolute atomic E-state index is 10.8. The van der Waals surface area contributed by atoms with E-state index in [1.54, 1.807) is 6.92 Å². The molecule has 0 heterocycles. The second-order valence-corrected chi connectivity index (χ2v) is 2.66. The summed E-state index contributed by atoms with van der Waals surface area (Å²) in [5.41, 5.74) is 0. The van der Waals surface area contributed by atoms with Gasteiger partial charge in [-0.2, -0.15) is 0 Å². The molecule has 0 amide bonds. The van der Waals surface area contributed by atoms with E-state index in [0.717, 1.165) is 0 Å². The molecule has 0 rings (SSSR count). The van der Waals surface area contributed by atoms with Gasteiger partial charge >= 0.3 is 5.97 Å². The van der Waals surface area contributed by atoms with Gasteiger partial charge in [0.15, 0.2) is 0 Å². The number of methoxy groups -OCH3 is 1. The van der Waals surface area contributed by atoms with E-state index in [1.807, 2.05) is 0 Å². The van der Waals surface area contributed by atoms with Crippen molar-refractivity contribution in [2.24, 2.45) is 5.92 Å². The average Bonchev–Trinajstić information content (AvgIpc) is 1.98. The van der Waals surface area contributed by atoms with Crippen molar-refractivity contribution in [1.29, 1.82) is 0 Å². The summed E-state index contributed by atoms with van der Waals surface area (Å²) in [6, 6.07) is 0. The number of carbonyl (C=O) groups excluding carboxylic acids is 2. The van der Waals surface area contributed by atoms with Crippen molar-refractivity contribution >= 4 is 11.8 Å². The molecule has 3 nitrogen and oxygen atoms in total. The number of hydrogen-bond acceptors (Lipinski definition) is 3. The van der Waals surface area contributed by atoms with Crippen LogP contribution in [0.5, 0.6) is 0 Å². The molecule has 0 aliphatic carbocycles. The quantitative estimate of drug-likeness (QED) is 0.577. The summed E-state index contributed by atoms with van der Waals surface area (Å²) < 4.78 is 4.49. The van der Waals surface area contributed by atoms with Gasteiger partial charge in [0.1, 0.15) is 5.78 Å². The minimum atomic E-state index is -0.244. The summed E-state index contributed by atoms with van der Waals surface area (Å²) in [6.07, 6.45) is 1.04. The number of ether oxygens (including phenoxy) is 1. The number of carbonyl (C=O) groups is 2. The molecule has 0 fully saturated rings. The molecule has 0 saturated heterocycles. The van der Waals surface area contributed by atoms with Gasteiger partial charge in [0.25, 0.3) is 0 Å². The Balaban J connectivity index is 3.60. The van der Waals surface area contributed by atoms with E-state index in [-0.39, 0.29) is 17.7 Å². The van der Waals surface area contributed by atoms with Crippen LogP contribution in [-0.4, -0.2) is 18.9 Å². The zero-order chi connectivity index (χ0) is 8.85. The van der Waals surface area contributed by atoms with Gasteiger partial charge in [0, 0.05) is 6.42 Å². The number of hydrogen-bond donors (Lipinski definition) is 0. The van der Waals surface area contributed by atoms with Crippen molar-refractivity contribution < 1.29 is 14.3 Å². The standard InChI is InChI=1S/C8H14O3/c1-6(8(10)11-3)4-5-7(2)9/h6H,4-5H2,1-3H3/t6-/m1/s1. The fourth-order valence-electron chi connectivity index (χ4n) is 0.739. The van der Waals surface area contributed by atoms with Gasteiger partial charge in [-0.15, -0.1) is 0 Å². The number of Topliss-reactive ketones (excluding diaryl/α,β-unsaturated/α-hetero) is 1. The van der Waals surface area contributed by atoms with Gasteiger partial charge < -0.3 is 9.53 Å². The summed E-state index contributed by atoms with van der Waals surface area (Å²) in [4.78, 5) is 21.3. The summed E-state index contributed by atoms with van der Waals surface area (Å²) >= 11 is 0. The van der Waals surface area contributed by atoms with Crippen LogP contribution in [0.2, 0.25) is 0 Å². The first-order valence-corrected chi connectivity index (χ1v) is 3.65. The topological polar surface area (TPSA) is 43.4 Å². The summed E-state index contributed by atoms with van der Waals surface area (Å²) in [5, 5.41) is 0. The average molecular weight is 158 g/mol. The lowest BCUT2D eigenvalue weighted by Crippen LogP contribution is -2.13. The Bertz CT molecular complexity index is 151. The number of ketones is 1. The number of esters is 1. The molecule has 0 radical (unpaired) electrons. The molecule has 0 aromatic rings. The second kappa shape index (κ2) is 4.88. The van der Waals surface area contributed by atoms with Gasteiger partial charge in [0.2, 0.25) is 0 Å². The molecule has 0 unspecified atom stereocenters. The first kappa shape index (κ1) is 10.1. The predicted molar refractivity (Wildman–Crippen MR) is 41.1 cm³/mol. The summed E-state index contributed by atoms with van der Waals surface area (Å²) in [7, 11) is 1.35. The van der Waals surface area contributed by atoms with E-state index in [0.29, 0.717) is 12.8 Å². The van der Waals surface area contributed by atoms with Crippen LogP contribution >= 0.6 is 0 Å². The highest BCUT2D eigenvalue weighted by Gasteiger charge is 2.12. The van der Waals surface area contributed by atoms with Gasteiger partial charge in [0.05, 0.1) is 13.0 Å². The Morgan fingerprint density at radius 2 is 2.00 bits per heavy atom. The van der Waals surface area contributed by atoms with Crippen LogP contribution in [0, 0.1) is 5.92 Å². The maximum Gasteiger partial charge on any atom is 0.308 e. The molecule has 0 saturated carbocycles. The lowest BCUT2D eigenvalue weighted by molar-refractivity contribution is -0.145. The van der Waals surface area contributed by atoms with Crippen LogP contribution in [0.4, 0.5) is 0 Å². The number of rotatable bonds is 4. The van der Waals surface area contributed by atoms with Crippen LogP contribution < -0.4 is 0 Å². The summed E-state index contributed by atoms with van der Waals surface area (Å²) in [6.45, 7) is 3.28. The lowest BCUT2D eigenvalue weighted by Gasteiger charge is -2.06. The molecule has 11 heavy (non-hydrogen) atoms. The fourth-order valence-corrected chi connectivity index (χ4v) is 0.739. The molecule has 0 aromatic heterocycles. The molecule has 0 bridgehead atoms. The van der Waals surface area contributed by atoms with E-state index in [1.165, 1.54) is 14.0 Å². The van der Waals surface area contributed by atoms with Gasteiger partial charge in [-0.05, 0) is 13.3 Å². The highest BCUT2D eigenvalue weighted by atomic mass is 16.5.